The van der Waals surface area contributed by atoms with Crippen molar-refractivity contribution in [3.63, 3.8) is 0 Å². The van der Waals surface area contributed by atoms with E-state index >= 15 is 0 Å². The second kappa shape index (κ2) is 13.7. The molecule has 0 spiro atoms. The first-order valence-corrected chi connectivity index (χ1v) is 17.6. The molecule has 2 saturated carbocycles. The summed E-state index contributed by atoms with van der Waals surface area (Å²) in [5.74, 6) is -2.08. The normalized spacial score (nSPS) is 25.6. The van der Waals surface area contributed by atoms with Gasteiger partial charge in [0.1, 0.15) is 12.1 Å². The molecular weight excluding hydrogens is 600 g/mol. The topological polar surface area (TPSA) is 157 Å². The molecule has 264 valence electrons. The van der Waals surface area contributed by atoms with Gasteiger partial charge >= 0.3 is 6.03 Å². The summed E-state index contributed by atoms with van der Waals surface area (Å²) >= 11 is 0. The molecule has 0 aromatic heterocycles. The quantitative estimate of drug-likeness (QED) is 0.236. The van der Waals surface area contributed by atoms with Crippen LogP contribution in [0.1, 0.15) is 107 Å². The molecule has 0 aromatic rings. The third kappa shape index (κ3) is 8.46. The van der Waals surface area contributed by atoms with Crippen molar-refractivity contribution in [1.82, 2.24) is 31.1 Å². The van der Waals surface area contributed by atoms with Crippen molar-refractivity contribution in [2.45, 2.75) is 137 Å². The van der Waals surface area contributed by atoms with Gasteiger partial charge in [-0.15, -0.1) is 0 Å². The summed E-state index contributed by atoms with van der Waals surface area (Å²) in [5, 5.41) is 11.5. The zero-order valence-corrected chi connectivity index (χ0v) is 30.0. The Morgan fingerprint density at radius 2 is 1.60 bits per heavy atom. The van der Waals surface area contributed by atoms with E-state index in [1.165, 1.54) is 0 Å². The predicted molar refractivity (Wildman–Crippen MR) is 178 cm³/mol. The van der Waals surface area contributed by atoms with Crippen molar-refractivity contribution in [3.8, 4) is 0 Å². The molecule has 12 heteroatoms. The van der Waals surface area contributed by atoms with Gasteiger partial charge < -0.3 is 31.1 Å². The molecule has 6 atom stereocenters. The first-order valence-electron chi connectivity index (χ1n) is 17.6. The molecule has 0 aromatic carbocycles. The fourth-order valence-corrected chi connectivity index (χ4v) is 7.23. The van der Waals surface area contributed by atoms with Crippen LogP contribution in [0.3, 0.4) is 0 Å². The standard InChI is InChI=1S/C35H58N6O6/c1-10-13-22(27(43)30(45)36-20-15-16-20)37-29(44)26-25-21(35(25,8)9)18-41(26)31(46)28(34(5,6)7)39-32(47)38-23(33(2,3)4)19-40-17-12-11-14-24(40)42/h20-23,25-26,28H,10-19H2,1-9H3,(H,36,45)(H,37,44)(H2,38,39,47)/t21-,22?,23+,25-,26-,28+/m0/s1. The maximum Gasteiger partial charge on any atom is 0.315 e. The van der Waals surface area contributed by atoms with Crippen molar-refractivity contribution in [2.24, 2.45) is 28.1 Å². The number of hydrogen-bond donors (Lipinski definition) is 4. The van der Waals surface area contributed by atoms with Crippen LogP contribution >= 0.6 is 0 Å². The number of nitrogens with zero attached hydrogens (tertiary/aromatic N) is 2. The maximum absolute atomic E-state index is 14.4. The van der Waals surface area contributed by atoms with Crippen LogP contribution in [0.5, 0.6) is 0 Å². The number of carbonyl (C=O) groups excluding carboxylic acids is 6. The predicted octanol–water partition coefficient (Wildman–Crippen LogP) is 2.74. The summed E-state index contributed by atoms with van der Waals surface area (Å²) in [6.45, 7) is 19.1. The molecule has 6 amide bonds. The highest BCUT2D eigenvalue weighted by molar-refractivity contribution is 6.38. The van der Waals surface area contributed by atoms with Gasteiger partial charge in [-0.25, -0.2) is 4.79 Å². The van der Waals surface area contributed by atoms with E-state index in [0.29, 0.717) is 38.9 Å². The zero-order valence-electron chi connectivity index (χ0n) is 30.0. The summed E-state index contributed by atoms with van der Waals surface area (Å²) in [6.07, 6.45) is 4.90. The molecule has 2 heterocycles. The monoisotopic (exact) mass is 658 g/mol. The highest BCUT2D eigenvalue weighted by Crippen LogP contribution is 2.65. The van der Waals surface area contributed by atoms with Gasteiger partial charge in [-0.1, -0.05) is 68.7 Å². The Balaban J connectivity index is 1.50. The second-order valence-corrected chi connectivity index (χ2v) is 17.0. The molecule has 2 saturated heterocycles. The fourth-order valence-electron chi connectivity index (χ4n) is 7.23. The summed E-state index contributed by atoms with van der Waals surface area (Å²) < 4.78 is 0. The first-order chi connectivity index (χ1) is 21.8. The van der Waals surface area contributed by atoms with Gasteiger partial charge in [0.25, 0.3) is 5.91 Å². The van der Waals surface area contributed by atoms with E-state index in [4.69, 9.17) is 0 Å². The van der Waals surface area contributed by atoms with E-state index in [9.17, 15) is 28.8 Å². The van der Waals surface area contributed by atoms with Crippen molar-refractivity contribution >= 4 is 35.4 Å². The number of urea groups is 1. The van der Waals surface area contributed by atoms with Crippen LogP contribution in [0.15, 0.2) is 0 Å². The van der Waals surface area contributed by atoms with Crippen LogP contribution in [0, 0.1) is 28.1 Å². The molecule has 1 unspecified atom stereocenters. The lowest BCUT2D eigenvalue weighted by Gasteiger charge is -2.40. The van der Waals surface area contributed by atoms with Gasteiger partial charge in [0.05, 0.1) is 12.1 Å². The molecule has 2 aliphatic carbocycles. The largest absolute Gasteiger partial charge is 0.347 e. The zero-order chi connectivity index (χ0) is 35.1. The molecule has 12 nitrogen and oxygen atoms in total. The highest BCUT2D eigenvalue weighted by Gasteiger charge is 2.70. The Morgan fingerprint density at radius 1 is 0.936 bits per heavy atom. The number of hydrogen-bond acceptors (Lipinski definition) is 6. The lowest BCUT2D eigenvalue weighted by molar-refractivity contribution is -0.145. The van der Waals surface area contributed by atoms with E-state index < -0.39 is 47.2 Å². The van der Waals surface area contributed by atoms with E-state index in [1.807, 2.05) is 48.5 Å². The average Bonchev–Trinajstić information content (AvgIpc) is 3.81. The smallest absolute Gasteiger partial charge is 0.315 e. The van der Waals surface area contributed by atoms with E-state index in [2.05, 4.69) is 35.1 Å². The average molecular weight is 659 g/mol. The van der Waals surface area contributed by atoms with E-state index in [-0.39, 0.29) is 46.6 Å². The van der Waals surface area contributed by atoms with Gasteiger partial charge in [0, 0.05) is 32.1 Å². The SMILES string of the molecule is CCCC(NC(=O)[C@@H]1[C@@H]2[C@H](CN1C(=O)[C@@H](NC(=O)N[C@H](CN1CCCCC1=O)C(C)(C)C)C(C)(C)C)C2(C)C)C(=O)C(=O)NC1CC1. The fraction of sp³-hybridized carbons (Fsp3) is 0.829. The van der Waals surface area contributed by atoms with Gasteiger partial charge in [-0.2, -0.15) is 0 Å². The lowest BCUT2D eigenvalue weighted by atomic mass is 9.84. The molecule has 0 radical (unpaired) electrons. The summed E-state index contributed by atoms with van der Waals surface area (Å²) in [4.78, 5) is 83.5. The third-order valence-corrected chi connectivity index (χ3v) is 10.7. The molecule has 4 fully saturated rings. The number of amides is 6. The number of Topliss-reactive ketones (excluding diaryl/α,β-unsaturated/α-hetero) is 1. The maximum atomic E-state index is 14.4. The number of ketones is 1. The van der Waals surface area contributed by atoms with Crippen LogP contribution in [0.25, 0.3) is 0 Å². The van der Waals surface area contributed by atoms with Crippen molar-refractivity contribution in [1.29, 1.82) is 0 Å². The van der Waals surface area contributed by atoms with E-state index in [1.54, 1.807) is 9.80 Å². The minimum absolute atomic E-state index is 0.0189. The molecular formula is C35H58N6O6. The van der Waals surface area contributed by atoms with Crippen LogP contribution in [-0.2, 0) is 24.0 Å². The molecule has 0 bridgehead atoms. The Hall–Kier alpha value is -3.18. The van der Waals surface area contributed by atoms with Gasteiger partial charge in [0.2, 0.25) is 23.5 Å². The Labute approximate surface area is 280 Å². The number of nitrogens with one attached hydrogen (secondary N) is 4. The number of carbonyl (C=O) groups is 6. The van der Waals surface area contributed by atoms with Crippen molar-refractivity contribution in [2.75, 3.05) is 19.6 Å². The highest BCUT2D eigenvalue weighted by atomic mass is 16.2. The molecule has 47 heavy (non-hydrogen) atoms. The number of piperidine rings is 2. The Kier molecular flexibility index (Phi) is 10.7. The van der Waals surface area contributed by atoms with Crippen molar-refractivity contribution in [3.05, 3.63) is 0 Å². The summed E-state index contributed by atoms with van der Waals surface area (Å²) in [5.41, 5.74) is -1.22. The number of rotatable bonds is 12. The minimum atomic E-state index is -0.979. The summed E-state index contributed by atoms with van der Waals surface area (Å²) in [6, 6.07) is -3.61. The Morgan fingerprint density at radius 3 is 2.15 bits per heavy atom. The number of likely N-dealkylation sites (tertiary alicyclic amines) is 2. The van der Waals surface area contributed by atoms with Crippen molar-refractivity contribution < 1.29 is 28.8 Å². The molecule has 4 rings (SSSR count). The number of fused-ring (bicyclic) bond motifs is 1. The van der Waals surface area contributed by atoms with Crippen LogP contribution < -0.4 is 21.3 Å². The van der Waals surface area contributed by atoms with Gasteiger partial charge in [-0.3, -0.25) is 24.0 Å². The minimum Gasteiger partial charge on any atom is -0.347 e. The second-order valence-electron chi connectivity index (χ2n) is 17.0. The Bertz CT molecular complexity index is 1250. The lowest BCUT2D eigenvalue weighted by Crippen LogP contribution is -2.63. The van der Waals surface area contributed by atoms with Crippen LogP contribution in [-0.4, -0.2) is 95.1 Å². The molecule has 2 aliphatic heterocycles. The first kappa shape index (κ1) is 36.7. The molecule has 4 N–H and O–H groups in total. The third-order valence-electron chi connectivity index (χ3n) is 10.7. The van der Waals surface area contributed by atoms with Crippen LogP contribution in [0.4, 0.5) is 4.79 Å². The molecule has 4 aliphatic rings. The van der Waals surface area contributed by atoms with Gasteiger partial charge in [0.15, 0.2) is 0 Å². The van der Waals surface area contributed by atoms with Crippen LogP contribution in [0.2, 0.25) is 0 Å². The van der Waals surface area contributed by atoms with E-state index in [0.717, 1.165) is 25.7 Å². The summed E-state index contributed by atoms with van der Waals surface area (Å²) in [7, 11) is 0. The van der Waals surface area contributed by atoms with Gasteiger partial charge in [-0.05, 0) is 60.2 Å².